The van der Waals surface area contributed by atoms with Crippen molar-refractivity contribution in [3.63, 3.8) is 0 Å². The fraction of sp³-hybridized carbons (Fsp3) is 0.547. The summed E-state index contributed by atoms with van der Waals surface area (Å²) in [4.78, 5) is 77.0. The van der Waals surface area contributed by atoms with Crippen molar-refractivity contribution in [3.8, 4) is 0 Å². The number of hydrogen-bond donors (Lipinski definition) is 4. The van der Waals surface area contributed by atoms with Gasteiger partial charge in [-0.3, -0.25) is 9.59 Å². The van der Waals surface area contributed by atoms with Crippen LogP contribution in [0.3, 0.4) is 0 Å². The Hall–Kier alpha value is -6.46. The SMILES string of the molecule is COC(=O)NC(C(=O)N1CCC[C@H]1c1nc2cc([C@H]3CC[C@H](c4ccc5[nH]c([C@@H]6CCCN6C(=O)[C@@H](NC(=O)OC)C(C)C)nc5c4)N3c3cc(F)c(N4CC(C)CC(C)C4)c(F)c3)ccc2[nH]1)C(C)C. The molecular weight excluding hydrogens is 911 g/mol. The van der Waals surface area contributed by atoms with Crippen LogP contribution in [-0.2, 0) is 19.1 Å². The number of alkyl carbamates (subject to hydrolysis) is 2. The number of nitrogens with one attached hydrogen (secondary N) is 4. The molecule has 18 heteroatoms. The Morgan fingerprint density at radius 2 is 1.08 bits per heavy atom. The number of ether oxygens (including phenoxy) is 2. The van der Waals surface area contributed by atoms with Crippen LogP contribution >= 0.6 is 0 Å². The third-order valence-electron chi connectivity index (χ3n) is 15.2. The number of halogens is 2. The number of hydrogen-bond acceptors (Lipinski definition) is 10. The van der Waals surface area contributed by atoms with Crippen molar-refractivity contribution in [1.29, 1.82) is 0 Å². The van der Waals surface area contributed by atoms with Gasteiger partial charge in [0, 0.05) is 31.9 Å². The lowest BCUT2D eigenvalue weighted by atomic mass is 9.91. The Balaban J connectivity index is 1.04. The number of imidazole rings is 2. The molecule has 4 aliphatic rings. The number of amides is 4. The molecule has 4 saturated heterocycles. The number of aromatic nitrogens is 4. The number of fused-ring (bicyclic) bond motifs is 2. The zero-order valence-corrected chi connectivity index (χ0v) is 42.1. The van der Waals surface area contributed by atoms with Gasteiger partial charge < -0.3 is 49.7 Å². The molecule has 4 amide bonds. The Labute approximate surface area is 413 Å². The largest absolute Gasteiger partial charge is 0.453 e. The third-order valence-corrected chi connectivity index (χ3v) is 15.2. The predicted molar refractivity (Wildman–Crippen MR) is 267 cm³/mol. The van der Waals surface area contributed by atoms with E-state index in [0.717, 1.165) is 41.4 Å². The molecule has 2 aromatic heterocycles. The van der Waals surface area contributed by atoms with Gasteiger partial charge in [-0.25, -0.2) is 28.3 Å². The number of piperidine rings is 1. The number of anilines is 2. The molecule has 0 spiro atoms. The zero-order chi connectivity index (χ0) is 50.4. The summed E-state index contributed by atoms with van der Waals surface area (Å²) in [6.45, 7) is 14.0. The molecule has 9 rings (SSSR count). The van der Waals surface area contributed by atoms with Crippen molar-refractivity contribution < 1.29 is 37.4 Å². The van der Waals surface area contributed by atoms with E-state index in [9.17, 15) is 19.2 Å². The number of likely N-dealkylation sites (tertiary alicyclic amines) is 2. The van der Waals surface area contributed by atoms with E-state index in [0.29, 0.717) is 92.1 Å². The smallest absolute Gasteiger partial charge is 0.407 e. The van der Waals surface area contributed by atoms with Crippen LogP contribution < -0.4 is 20.4 Å². The van der Waals surface area contributed by atoms with Crippen molar-refractivity contribution in [2.45, 2.75) is 123 Å². The van der Waals surface area contributed by atoms with Crippen LogP contribution in [0.2, 0.25) is 0 Å². The predicted octanol–water partition coefficient (Wildman–Crippen LogP) is 9.37. The second-order valence-electron chi connectivity index (χ2n) is 21.0. The molecule has 5 aromatic rings. The molecule has 6 heterocycles. The number of methoxy groups -OCH3 is 2. The van der Waals surface area contributed by atoms with E-state index < -0.39 is 35.9 Å². The van der Waals surface area contributed by atoms with Gasteiger partial charge in [0.2, 0.25) is 11.8 Å². The topological polar surface area (TPSA) is 181 Å². The zero-order valence-electron chi connectivity index (χ0n) is 42.1. The van der Waals surface area contributed by atoms with Crippen LogP contribution in [0, 0.1) is 35.3 Å². The number of carbonyl (C=O) groups excluding carboxylic acids is 4. The van der Waals surface area contributed by atoms with Crippen LogP contribution in [0.4, 0.5) is 29.7 Å². The quantitative estimate of drug-likeness (QED) is 0.0941. The number of carbonyl (C=O) groups is 4. The highest BCUT2D eigenvalue weighted by Gasteiger charge is 2.41. The van der Waals surface area contributed by atoms with Crippen LogP contribution in [-0.4, -0.2) is 106 Å². The Morgan fingerprint density at radius 1 is 0.648 bits per heavy atom. The maximum absolute atomic E-state index is 16.7. The van der Waals surface area contributed by atoms with Crippen molar-refractivity contribution in [1.82, 2.24) is 40.4 Å². The van der Waals surface area contributed by atoms with E-state index in [1.807, 2.05) is 69.0 Å². The fourth-order valence-corrected chi connectivity index (χ4v) is 11.9. The lowest BCUT2D eigenvalue weighted by Gasteiger charge is -2.38. The molecule has 16 nitrogen and oxygen atoms in total. The Kier molecular flexibility index (Phi) is 14.2. The van der Waals surface area contributed by atoms with Crippen molar-refractivity contribution >= 4 is 57.4 Å². The number of rotatable bonds is 12. The maximum atomic E-state index is 16.7. The number of aromatic amines is 2. The van der Waals surface area contributed by atoms with Gasteiger partial charge in [-0.05, 0) is 116 Å². The number of H-pyrrole nitrogens is 2. The minimum absolute atomic E-state index is 0.0100. The molecule has 3 aromatic carbocycles. The monoisotopic (exact) mass is 979 g/mol. The van der Waals surface area contributed by atoms with Gasteiger partial charge in [0.15, 0.2) is 11.6 Å². The molecule has 4 fully saturated rings. The maximum Gasteiger partial charge on any atom is 0.407 e. The first-order chi connectivity index (χ1) is 34.0. The second kappa shape index (κ2) is 20.3. The first kappa shape index (κ1) is 49.5. The van der Waals surface area contributed by atoms with Gasteiger partial charge in [0.25, 0.3) is 0 Å². The number of nitrogens with zero attached hydrogens (tertiary/aromatic N) is 6. The third kappa shape index (κ3) is 9.82. The molecule has 0 bridgehead atoms. The van der Waals surface area contributed by atoms with Crippen molar-refractivity contribution in [2.24, 2.45) is 23.7 Å². The van der Waals surface area contributed by atoms with Gasteiger partial charge in [-0.1, -0.05) is 53.7 Å². The Bertz CT molecular complexity index is 2620. The summed E-state index contributed by atoms with van der Waals surface area (Å²) in [5.41, 5.74) is 5.31. The standard InChI is InChI=1S/C53H68F2N10O6/c1-28(2)45(60-52(68)70-7)50(66)63-19-9-11-43(63)48-56-37-15-13-32(22-39(37)58-48)41-17-18-42(65(41)34-24-35(54)47(36(55)25-34)62-26-30(5)21-31(6)27-62)33-14-16-38-40(23-33)59-49(57-38)44-12-10-20-64(44)51(67)46(29(3)4)61-53(69)71-8/h13-16,22-25,28-31,41-46H,9-12,17-21,26-27H2,1-8H3,(H,56,58)(H,57,59)(H,60,68)(H,61,69)/t30?,31?,41-,42-,43+,44+,45+,46?/m1/s1. The fourth-order valence-electron chi connectivity index (χ4n) is 11.9. The lowest BCUT2D eigenvalue weighted by Crippen LogP contribution is -2.51. The molecule has 0 radical (unpaired) electrons. The van der Waals surface area contributed by atoms with E-state index in [-0.39, 0.29) is 53.5 Å². The van der Waals surface area contributed by atoms with E-state index in [1.165, 1.54) is 26.4 Å². The van der Waals surface area contributed by atoms with E-state index in [4.69, 9.17) is 19.4 Å². The van der Waals surface area contributed by atoms with E-state index >= 15 is 8.78 Å². The molecule has 4 aliphatic heterocycles. The van der Waals surface area contributed by atoms with Crippen LogP contribution in [0.25, 0.3) is 22.1 Å². The van der Waals surface area contributed by atoms with Gasteiger partial charge in [0.1, 0.15) is 29.4 Å². The van der Waals surface area contributed by atoms with Crippen molar-refractivity contribution in [2.75, 3.05) is 50.2 Å². The average molecular weight is 979 g/mol. The highest BCUT2D eigenvalue weighted by atomic mass is 19.1. The van der Waals surface area contributed by atoms with Gasteiger partial charge >= 0.3 is 12.2 Å². The molecular formula is C53H68F2N10O6. The first-order valence-electron chi connectivity index (χ1n) is 25.3. The summed E-state index contributed by atoms with van der Waals surface area (Å²) >= 11 is 0. The summed E-state index contributed by atoms with van der Waals surface area (Å²) < 4.78 is 43.0. The van der Waals surface area contributed by atoms with Gasteiger partial charge in [-0.15, -0.1) is 0 Å². The average Bonchev–Trinajstić information content (AvgIpc) is 4.19. The van der Waals surface area contributed by atoms with Crippen molar-refractivity contribution in [3.05, 3.63) is 82.9 Å². The van der Waals surface area contributed by atoms with E-state index in [1.54, 1.807) is 9.80 Å². The minimum Gasteiger partial charge on any atom is -0.453 e. The summed E-state index contributed by atoms with van der Waals surface area (Å²) in [6.07, 6.45) is 3.99. The number of benzene rings is 3. The molecule has 4 N–H and O–H groups in total. The highest BCUT2D eigenvalue weighted by molar-refractivity contribution is 5.88. The summed E-state index contributed by atoms with van der Waals surface area (Å²) in [5.74, 6) is -0.0159. The highest BCUT2D eigenvalue weighted by Crippen LogP contribution is 2.49. The van der Waals surface area contributed by atoms with Gasteiger partial charge in [0.05, 0.1) is 60.5 Å². The molecule has 380 valence electrons. The summed E-state index contributed by atoms with van der Waals surface area (Å²) in [7, 11) is 2.55. The lowest BCUT2D eigenvalue weighted by molar-refractivity contribution is -0.136. The normalized spacial score (nSPS) is 23.5. The molecule has 8 atom stereocenters. The van der Waals surface area contributed by atoms with Crippen LogP contribution in [0.1, 0.15) is 133 Å². The second-order valence-corrected chi connectivity index (χ2v) is 21.0. The van der Waals surface area contributed by atoms with Gasteiger partial charge in [-0.2, -0.15) is 0 Å². The first-order valence-corrected chi connectivity index (χ1v) is 25.3. The molecule has 3 unspecified atom stereocenters. The molecule has 0 aliphatic carbocycles. The summed E-state index contributed by atoms with van der Waals surface area (Å²) in [5, 5.41) is 5.43. The molecule has 71 heavy (non-hydrogen) atoms. The Morgan fingerprint density at radius 3 is 1.49 bits per heavy atom. The van der Waals surface area contributed by atoms with Crippen LogP contribution in [0.15, 0.2) is 48.5 Å². The van der Waals surface area contributed by atoms with Crippen LogP contribution in [0.5, 0.6) is 0 Å². The van der Waals surface area contributed by atoms with E-state index in [2.05, 4.69) is 39.3 Å². The summed E-state index contributed by atoms with van der Waals surface area (Å²) in [6, 6.07) is 12.3. The minimum atomic E-state index is -0.763. The molecule has 0 saturated carbocycles.